The monoisotopic (exact) mass is 311 g/mol. The lowest BCUT2D eigenvalue weighted by atomic mass is 10.1. The number of aliphatic hydroxyl groups excluding tert-OH is 1. The summed E-state index contributed by atoms with van der Waals surface area (Å²) in [4.78, 5) is 13.0. The van der Waals surface area contributed by atoms with Gasteiger partial charge in [0.05, 0.1) is 6.10 Å². The quantitative estimate of drug-likeness (QED) is 0.790. The van der Waals surface area contributed by atoms with Gasteiger partial charge < -0.3 is 15.2 Å². The van der Waals surface area contributed by atoms with Crippen molar-refractivity contribution in [2.45, 2.75) is 56.8 Å². The molecule has 5 heteroatoms. The Kier molecular flexibility index (Phi) is 7.05. The number of hydrogen-bond acceptors (Lipinski definition) is 4. The summed E-state index contributed by atoms with van der Waals surface area (Å²) in [6, 6.07) is 9.84. The predicted molar refractivity (Wildman–Crippen MR) is 86.6 cm³/mol. The molecule has 4 nitrogen and oxygen atoms in total. The Balaban J connectivity index is 2.53. The minimum Gasteiger partial charge on any atom is -0.444 e. The lowest BCUT2D eigenvalue weighted by Crippen LogP contribution is -2.41. The van der Waals surface area contributed by atoms with Crippen LogP contribution < -0.4 is 5.32 Å². The van der Waals surface area contributed by atoms with E-state index in [1.807, 2.05) is 51.1 Å². The fourth-order valence-corrected chi connectivity index (χ4v) is 2.73. The maximum Gasteiger partial charge on any atom is 0.407 e. The van der Waals surface area contributed by atoms with E-state index in [9.17, 15) is 9.90 Å². The summed E-state index contributed by atoms with van der Waals surface area (Å²) in [7, 11) is 0. The van der Waals surface area contributed by atoms with E-state index in [2.05, 4.69) is 5.32 Å². The van der Waals surface area contributed by atoms with Crippen molar-refractivity contribution in [3.63, 3.8) is 0 Å². The predicted octanol–water partition coefficient (Wildman–Crippen LogP) is 3.44. The highest BCUT2D eigenvalue weighted by molar-refractivity contribution is 7.99. The summed E-state index contributed by atoms with van der Waals surface area (Å²) in [5.74, 6) is 0.689. The third kappa shape index (κ3) is 8.63. The highest BCUT2D eigenvalue weighted by Crippen LogP contribution is 2.19. The second-order valence-corrected chi connectivity index (χ2v) is 7.15. The van der Waals surface area contributed by atoms with Gasteiger partial charge in [-0.05, 0) is 46.2 Å². The molecular weight excluding hydrogens is 286 g/mol. The third-order valence-corrected chi connectivity index (χ3v) is 3.72. The molecule has 0 aliphatic carbocycles. The zero-order valence-electron chi connectivity index (χ0n) is 13.1. The Hall–Kier alpha value is -1.20. The minimum atomic E-state index is -0.522. The highest BCUT2D eigenvalue weighted by Gasteiger charge is 2.20. The summed E-state index contributed by atoms with van der Waals surface area (Å²) < 4.78 is 5.26. The van der Waals surface area contributed by atoms with E-state index in [1.165, 1.54) is 0 Å². The standard InChI is InChI=1S/C16H25NO3S/c1-12(18)10-13(17-15(19)20-16(2,3)4)11-21-14-8-6-5-7-9-14/h5-9,12-13,18H,10-11H2,1-4H3,(H,17,19)/t12?,13-/m0/s1. The Labute approximate surface area is 131 Å². The maximum atomic E-state index is 11.8. The van der Waals surface area contributed by atoms with Crippen LogP contribution in [0.25, 0.3) is 0 Å². The van der Waals surface area contributed by atoms with Gasteiger partial charge in [0.25, 0.3) is 0 Å². The molecule has 0 radical (unpaired) electrons. The van der Waals surface area contributed by atoms with E-state index in [0.29, 0.717) is 12.2 Å². The summed E-state index contributed by atoms with van der Waals surface area (Å²) in [5.41, 5.74) is -0.522. The van der Waals surface area contributed by atoms with Gasteiger partial charge in [0, 0.05) is 16.7 Å². The molecule has 1 aromatic carbocycles. The molecule has 0 spiro atoms. The van der Waals surface area contributed by atoms with E-state index >= 15 is 0 Å². The number of rotatable bonds is 6. The van der Waals surface area contributed by atoms with Crippen molar-refractivity contribution < 1.29 is 14.6 Å². The molecular formula is C16H25NO3S. The molecule has 0 aliphatic heterocycles. The molecule has 0 saturated heterocycles. The van der Waals surface area contributed by atoms with Crippen molar-refractivity contribution in [1.82, 2.24) is 5.32 Å². The number of benzene rings is 1. The van der Waals surface area contributed by atoms with E-state index in [4.69, 9.17) is 4.74 Å². The fourth-order valence-electron chi connectivity index (χ4n) is 1.77. The van der Waals surface area contributed by atoms with Crippen LogP contribution in [0.15, 0.2) is 35.2 Å². The lowest BCUT2D eigenvalue weighted by Gasteiger charge is -2.24. The van der Waals surface area contributed by atoms with Crippen LogP contribution in [0.5, 0.6) is 0 Å². The summed E-state index contributed by atoms with van der Waals surface area (Å²) >= 11 is 1.65. The minimum absolute atomic E-state index is 0.134. The number of amides is 1. The molecule has 118 valence electrons. The Morgan fingerprint density at radius 3 is 2.48 bits per heavy atom. The smallest absolute Gasteiger partial charge is 0.407 e. The molecule has 0 heterocycles. The van der Waals surface area contributed by atoms with Gasteiger partial charge in [-0.1, -0.05) is 18.2 Å². The van der Waals surface area contributed by atoms with Crippen LogP contribution in [0, 0.1) is 0 Å². The molecule has 1 rings (SSSR count). The number of aliphatic hydroxyl groups is 1. The number of ether oxygens (including phenoxy) is 1. The van der Waals surface area contributed by atoms with Crippen LogP contribution in [0.2, 0.25) is 0 Å². The second kappa shape index (κ2) is 8.29. The van der Waals surface area contributed by atoms with Gasteiger partial charge in [0.15, 0.2) is 0 Å². The van der Waals surface area contributed by atoms with Gasteiger partial charge in [-0.15, -0.1) is 11.8 Å². The van der Waals surface area contributed by atoms with Crippen LogP contribution in [0.3, 0.4) is 0 Å². The first-order chi connectivity index (χ1) is 9.76. The Morgan fingerprint density at radius 2 is 1.95 bits per heavy atom. The first-order valence-electron chi connectivity index (χ1n) is 7.11. The van der Waals surface area contributed by atoms with E-state index in [-0.39, 0.29) is 6.04 Å². The first-order valence-corrected chi connectivity index (χ1v) is 8.10. The van der Waals surface area contributed by atoms with Crippen molar-refractivity contribution in [3.05, 3.63) is 30.3 Å². The van der Waals surface area contributed by atoms with Gasteiger partial charge in [0.2, 0.25) is 0 Å². The van der Waals surface area contributed by atoms with Crippen LogP contribution in [0.1, 0.15) is 34.1 Å². The highest BCUT2D eigenvalue weighted by atomic mass is 32.2. The topological polar surface area (TPSA) is 58.6 Å². The van der Waals surface area contributed by atoms with Crippen LogP contribution in [-0.4, -0.2) is 34.7 Å². The van der Waals surface area contributed by atoms with Crippen molar-refractivity contribution in [3.8, 4) is 0 Å². The van der Waals surface area contributed by atoms with Gasteiger partial charge in [-0.25, -0.2) is 4.79 Å². The van der Waals surface area contributed by atoms with E-state index in [1.54, 1.807) is 18.7 Å². The van der Waals surface area contributed by atoms with Crippen molar-refractivity contribution in [2.75, 3.05) is 5.75 Å². The number of nitrogens with one attached hydrogen (secondary N) is 1. The molecule has 0 aromatic heterocycles. The SMILES string of the molecule is CC(O)C[C@@H](CSc1ccccc1)NC(=O)OC(C)(C)C. The Bertz CT molecular complexity index is 429. The molecule has 2 N–H and O–H groups in total. The largest absolute Gasteiger partial charge is 0.444 e. The van der Waals surface area contributed by atoms with Crippen LogP contribution in [-0.2, 0) is 4.74 Å². The molecule has 2 atom stereocenters. The van der Waals surface area contributed by atoms with Crippen molar-refractivity contribution in [2.24, 2.45) is 0 Å². The van der Waals surface area contributed by atoms with Crippen molar-refractivity contribution in [1.29, 1.82) is 0 Å². The second-order valence-electron chi connectivity index (χ2n) is 6.05. The van der Waals surface area contributed by atoms with Crippen molar-refractivity contribution >= 4 is 17.9 Å². The third-order valence-electron chi connectivity index (χ3n) is 2.54. The molecule has 1 unspecified atom stereocenters. The number of carbonyl (C=O) groups excluding carboxylic acids is 1. The number of hydrogen-bond donors (Lipinski definition) is 2. The van der Waals surface area contributed by atoms with Gasteiger partial charge >= 0.3 is 6.09 Å². The zero-order chi connectivity index (χ0) is 15.9. The summed E-state index contributed by atoms with van der Waals surface area (Å²) in [5, 5.41) is 12.4. The average Bonchev–Trinajstić information content (AvgIpc) is 2.34. The molecule has 0 saturated carbocycles. The van der Waals surface area contributed by atoms with E-state index in [0.717, 1.165) is 4.90 Å². The number of carbonyl (C=O) groups is 1. The average molecular weight is 311 g/mol. The summed E-state index contributed by atoms with van der Waals surface area (Å²) in [6.07, 6.45) is -0.415. The molecule has 1 aromatic rings. The number of thioether (sulfide) groups is 1. The maximum absolute atomic E-state index is 11.8. The lowest BCUT2D eigenvalue weighted by molar-refractivity contribution is 0.0495. The van der Waals surface area contributed by atoms with Gasteiger partial charge in [-0.2, -0.15) is 0 Å². The zero-order valence-corrected chi connectivity index (χ0v) is 13.9. The van der Waals surface area contributed by atoms with E-state index < -0.39 is 17.8 Å². The first kappa shape index (κ1) is 17.9. The summed E-state index contributed by atoms with van der Waals surface area (Å²) in [6.45, 7) is 7.20. The van der Waals surface area contributed by atoms with Crippen LogP contribution >= 0.6 is 11.8 Å². The molecule has 0 bridgehead atoms. The molecule has 1 amide bonds. The Morgan fingerprint density at radius 1 is 1.33 bits per heavy atom. The van der Waals surface area contributed by atoms with Gasteiger partial charge in [0.1, 0.15) is 5.60 Å². The molecule has 21 heavy (non-hydrogen) atoms. The molecule has 0 fully saturated rings. The normalized spacial score (nSPS) is 14.3. The number of alkyl carbamates (subject to hydrolysis) is 1. The van der Waals surface area contributed by atoms with Crippen LogP contribution in [0.4, 0.5) is 4.79 Å². The van der Waals surface area contributed by atoms with Gasteiger partial charge in [-0.3, -0.25) is 0 Å². The molecule has 0 aliphatic rings. The fraction of sp³-hybridized carbons (Fsp3) is 0.562.